The van der Waals surface area contributed by atoms with Gasteiger partial charge in [-0.2, -0.15) is 0 Å². The molecular formula is C14H19N. The number of hydrogen-bond donors (Lipinski definition) is 0. The second-order valence-electron chi connectivity index (χ2n) is 3.53. The van der Waals surface area contributed by atoms with Crippen molar-refractivity contribution in [2.75, 3.05) is 11.4 Å². The SMILES string of the molecule is C=CC(C)N(C/C=C/C)c1ccccc1. The summed E-state index contributed by atoms with van der Waals surface area (Å²) >= 11 is 0. The molecule has 1 aromatic rings. The Morgan fingerprint density at radius 2 is 2.00 bits per heavy atom. The van der Waals surface area contributed by atoms with Gasteiger partial charge in [0.1, 0.15) is 0 Å². The van der Waals surface area contributed by atoms with Gasteiger partial charge in [-0.3, -0.25) is 0 Å². The second kappa shape index (κ2) is 6.07. The van der Waals surface area contributed by atoms with Crippen molar-refractivity contribution < 1.29 is 0 Å². The van der Waals surface area contributed by atoms with Crippen LogP contribution < -0.4 is 4.90 Å². The third kappa shape index (κ3) is 3.28. The predicted octanol–water partition coefficient (Wildman–Crippen LogP) is 3.64. The number of hydrogen-bond acceptors (Lipinski definition) is 1. The van der Waals surface area contributed by atoms with Crippen LogP contribution in [-0.2, 0) is 0 Å². The lowest BCUT2D eigenvalue weighted by Gasteiger charge is -2.28. The number of nitrogens with zero attached hydrogens (tertiary/aromatic N) is 1. The van der Waals surface area contributed by atoms with Crippen LogP contribution in [0.15, 0.2) is 55.1 Å². The fourth-order valence-electron chi connectivity index (χ4n) is 1.47. The van der Waals surface area contributed by atoms with Crippen LogP contribution in [0.5, 0.6) is 0 Å². The van der Waals surface area contributed by atoms with Crippen molar-refractivity contribution in [1.82, 2.24) is 0 Å². The lowest BCUT2D eigenvalue weighted by atomic mass is 10.2. The first-order chi connectivity index (χ1) is 7.29. The minimum atomic E-state index is 0.351. The lowest BCUT2D eigenvalue weighted by Crippen LogP contribution is -2.31. The van der Waals surface area contributed by atoms with Crippen molar-refractivity contribution in [3.8, 4) is 0 Å². The molecule has 1 aromatic carbocycles. The molecule has 0 aliphatic heterocycles. The number of anilines is 1. The van der Waals surface area contributed by atoms with Crippen molar-refractivity contribution >= 4 is 5.69 Å². The fraction of sp³-hybridized carbons (Fsp3) is 0.286. The maximum Gasteiger partial charge on any atom is 0.0445 e. The summed E-state index contributed by atoms with van der Waals surface area (Å²) in [5.41, 5.74) is 1.24. The highest BCUT2D eigenvalue weighted by Crippen LogP contribution is 2.16. The Hall–Kier alpha value is -1.50. The zero-order valence-electron chi connectivity index (χ0n) is 9.56. The first kappa shape index (κ1) is 11.6. The second-order valence-corrected chi connectivity index (χ2v) is 3.53. The average molecular weight is 201 g/mol. The van der Waals surface area contributed by atoms with Gasteiger partial charge in [0.05, 0.1) is 0 Å². The standard InChI is InChI=1S/C14H19N/c1-4-6-12-15(13(3)5-2)14-10-8-7-9-11-14/h4-11,13H,2,12H2,1,3H3/b6-4+. The number of benzene rings is 1. The monoisotopic (exact) mass is 201 g/mol. The molecule has 0 fully saturated rings. The Balaban J connectivity index is 2.85. The fourth-order valence-corrected chi connectivity index (χ4v) is 1.47. The van der Waals surface area contributed by atoms with Gasteiger partial charge in [-0.1, -0.05) is 36.4 Å². The van der Waals surface area contributed by atoms with Gasteiger partial charge in [0, 0.05) is 18.3 Å². The maximum atomic E-state index is 3.85. The van der Waals surface area contributed by atoms with E-state index < -0.39 is 0 Å². The molecule has 1 atom stereocenters. The lowest BCUT2D eigenvalue weighted by molar-refractivity contribution is 0.784. The Labute approximate surface area is 92.7 Å². The molecule has 0 saturated carbocycles. The highest BCUT2D eigenvalue weighted by Gasteiger charge is 2.08. The van der Waals surface area contributed by atoms with E-state index in [0.717, 1.165) is 6.54 Å². The number of rotatable bonds is 5. The highest BCUT2D eigenvalue weighted by atomic mass is 15.1. The van der Waals surface area contributed by atoms with E-state index in [4.69, 9.17) is 0 Å². The normalized spacial score (nSPS) is 12.7. The van der Waals surface area contributed by atoms with E-state index in [0.29, 0.717) is 6.04 Å². The highest BCUT2D eigenvalue weighted by molar-refractivity contribution is 5.48. The molecule has 0 aromatic heterocycles. The van der Waals surface area contributed by atoms with E-state index >= 15 is 0 Å². The van der Waals surface area contributed by atoms with Gasteiger partial charge in [0.2, 0.25) is 0 Å². The average Bonchev–Trinajstić information content (AvgIpc) is 2.30. The molecule has 1 rings (SSSR count). The van der Waals surface area contributed by atoms with E-state index in [1.165, 1.54) is 5.69 Å². The van der Waals surface area contributed by atoms with E-state index in [2.05, 4.69) is 54.8 Å². The minimum absolute atomic E-state index is 0.351. The summed E-state index contributed by atoms with van der Waals surface area (Å²) in [6, 6.07) is 10.8. The largest absolute Gasteiger partial charge is 0.362 e. The maximum absolute atomic E-state index is 3.85. The zero-order valence-corrected chi connectivity index (χ0v) is 9.56. The minimum Gasteiger partial charge on any atom is -0.362 e. The van der Waals surface area contributed by atoms with Crippen LogP contribution in [0.1, 0.15) is 13.8 Å². The zero-order chi connectivity index (χ0) is 11.1. The molecule has 0 aliphatic carbocycles. The molecule has 0 heterocycles. The molecule has 15 heavy (non-hydrogen) atoms. The van der Waals surface area contributed by atoms with E-state index in [1.807, 2.05) is 19.1 Å². The van der Waals surface area contributed by atoms with Crippen molar-refractivity contribution in [2.24, 2.45) is 0 Å². The summed E-state index contributed by atoms with van der Waals surface area (Å²) in [5, 5.41) is 0. The predicted molar refractivity (Wildman–Crippen MR) is 68.3 cm³/mol. The molecular weight excluding hydrogens is 182 g/mol. The first-order valence-electron chi connectivity index (χ1n) is 5.35. The van der Waals surface area contributed by atoms with Gasteiger partial charge in [0.25, 0.3) is 0 Å². The van der Waals surface area contributed by atoms with Crippen LogP contribution in [0.25, 0.3) is 0 Å². The Kier molecular flexibility index (Phi) is 4.69. The third-order valence-electron chi connectivity index (χ3n) is 2.46. The first-order valence-corrected chi connectivity index (χ1v) is 5.35. The van der Waals surface area contributed by atoms with Crippen molar-refractivity contribution in [3.05, 3.63) is 55.1 Å². The molecule has 0 bridgehead atoms. The van der Waals surface area contributed by atoms with E-state index in [1.54, 1.807) is 0 Å². The summed E-state index contributed by atoms with van der Waals surface area (Å²) in [7, 11) is 0. The summed E-state index contributed by atoms with van der Waals surface area (Å²) in [4.78, 5) is 2.31. The van der Waals surface area contributed by atoms with Crippen LogP contribution in [0.3, 0.4) is 0 Å². The molecule has 0 aliphatic rings. The summed E-state index contributed by atoms with van der Waals surface area (Å²) in [6.07, 6.45) is 6.20. The van der Waals surface area contributed by atoms with Gasteiger partial charge in [-0.15, -0.1) is 6.58 Å². The molecule has 0 saturated heterocycles. The van der Waals surface area contributed by atoms with Crippen LogP contribution in [0.2, 0.25) is 0 Å². The molecule has 1 unspecified atom stereocenters. The summed E-state index contributed by atoms with van der Waals surface area (Å²) in [5.74, 6) is 0. The smallest absolute Gasteiger partial charge is 0.0445 e. The molecule has 0 amide bonds. The molecule has 80 valence electrons. The summed E-state index contributed by atoms with van der Waals surface area (Å²) < 4.78 is 0. The molecule has 0 spiro atoms. The van der Waals surface area contributed by atoms with Crippen molar-refractivity contribution in [1.29, 1.82) is 0 Å². The van der Waals surface area contributed by atoms with Crippen LogP contribution >= 0.6 is 0 Å². The van der Waals surface area contributed by atoms with Crippen LogP contribution in [0.4, 0.5) is 5.69 Å². The van der Waals surface area contributed by atoms with Gasteiger partial charge in [0.15, 0.2) is 0 Å². The topological polar surface area (TPSA) is 3.24 Å². The number of para-hydroxylation sites is 1. The Morgan fingerprint density at radius 1 is 1.33 bits per heavy atom. The van der Waals surface area contributed by atoms with Crippen molar-refractivity contribution in [2.45, 2.75) is 19.9 Å². The van der Waals surface area contributed by atoms with E-state index in [9.17, 15) is 0 Å². The van der Waals surface area contributed by atoms with Gasteiger partial charge in [-0.05, 0) is 26.0 Å². The summed E-state index contributed by atoms with van der Waals surface area (Å²) in [6.45, 7) is 8.97. The molecule has 1 nitrogen and oxygen atoms in total. The Morgan fingerprint density at radius 3 is 2.53 bits per heavy atom. The van der Waals surface area contributed by atoms with Crippen LogP contribution in [-0.4, -0.2) is 12.6 Å². The quantitative estimate of drug-likeness (QED) is 0.657. The van der Waals surface area contributed by atoms with Gasteiger partial charge >= 0.3 is 0 Å². The number of allylic oxidation sites excluding steroid dienone is 1. The third-order valence-corrected chi connectivity index (χ3v) is 2.46. The van der Waals surface area contributed by atoms with Crippen LogP contribution in [0, 0.1) is 0 Å². The van der Waals surface area contributed by atoms with Gasteiger partial charge < -0.3 is 4.90 Å². The molecule has 1 heteroatoms. The molecule has 0 N–H and O–H groups in total. The Bertz CT molecular complexity index is 313. The van der Waals surface area contributed by atoms with Crippen molar-refractivity contribution in [3.63, 3.8) is 0 Å². The van der Waals surface area contributed by atoms with Gasteiger partial charge in [-0.25, -0.2) is 0 Å². The van der Waals surface area contributed by atoms with E-state index in [-0.39, 0.29) is 0 Å². The molecule has 0 radical (unpaired) electrons.